The zero-order chi connectivity index (χ0) is 14.0. The molecule has 19 heavy (non-hydrogen) atoms. The molecule has 0 aromatic heterocycles. The minimum Gasteiger partial charge on any atom is -0.493 e. The fourth-order valence-electron chi connectivity index (χ4n) is 2.44. The van der Waals surface area contributed by atoms with E-state index < -0.39 is 0 Å². The van der Waals surface area contributed by atoms with Crippen molar-refractivity contribution >= 4 is 27.5 Å². The Balaban J connectivity index is 1.97. The van der Waals surface area contributed by atoms with Crippen molar-refractivity contribution in [3.63, 3.8) is 0 Å². The van der Waals surface area contributed by atoms with Gasteiger partial charge < -0.3 is 4.74 Å². The first kappa shape index (κ1) is 15.2. The van der Waals surface area contributed by atoms with Crippen LogP contribution in [0.2, 0.25) is 5.02 Å². The highest BCUT2D eigenvalue weighted by molar-refractivity contribution is 9.09. The molecule has 1 nitrogen and oxygen atoms in total. The monoisotopic (exact) mass is 344 g/mol. The largest absolute Gasteiger partial charge is 0.493 e. The van der Waals surface area contributed by atoms with Crippen LogP contribution in [-0.4, -0.2) is 11.4 Å². The molecule has 1 aliphatic heterocycles. The van der Waals surface area contributed by atoms with Gasteiger partial charge in [0.05, 0.1) is 6.61 Å². The molecule has 1 unspecified atom stereocenters. The van der Waals surface area contributed by atoms with Crippen LogP contribution in [0.25, 0.3) is 0 Å². The Labute approximate surface area is 129 Å². The first-order valence-electron chi connectivity index (χ1n) is 6.96. The van der Waals surface area contributed by atoms with Crippen LogP contribution in [0.5, 0.6) is 5.75 Å². The van der Waals surface area contributed by atoms with E-state index in [1.165, 1.54) is 17.5 Å². The van der Waals surface area contributed by atoms with Crippen molar-refractivity contribution in [1.29, 1.82) is 0 Å². The van der Waals surface area contributed by atoms with Crippen LogP contribution in [0.4, 0.5) is 0 Å². The van der Waals surface area contributed by atoms with Crippen molar-refractivity contribution < 1.29 is 4.74 Å². The van der Waals surface area contributed by atoms with Crippen molar-refractivity contribution in [1.82, 2.24) is 0 Å². The Hall–Kier alpha value is -0.210. The van der Waals surface area contributed by atoms with Gasteiger partial charge in [0.2, 0.25) is 0 Å². The van der Waals surface area contributed by atoms with E-state index in [1.54, 1.807) is 0 Å². The van der Waals surface area contributed by atoms with Gasteiger partial charge in [-0.05, 0) is 47.9 Å². The summed E-state index contributed by atoms with van der Waals surface area (Å²) in [6.45, 7) is 7.61. The highest BCUT2D eigenvalue weighted by Crippen LogP contribution is 2.35. The minimum absolute atomic E-state index is 0.312. The molecule has 0 fully saturated rings. The number of aryl methyl sites for hydroxylation is 1. The van der Waals surface area contributed by atoms with Gasteiger partial charge in [0.25, 0.3) is 0 Å². The molecular weight excluding hydrogens is 324 g/mol. The van der Waals surface area contributed by atoms with Gasteiger partial charge in [0.1, 0.15) is 5.75 Å². The molecule has 3 heteroatoms. The number of hydrogen-bond acceptors (Lipinski definition) is 1. The van der Waals surface area contributed by atoms with Crippen LogP contribution in [0.3, 0.4) is 0 Å². The summed E-state index contributed by atoms with van der Waals surface area (Å²) >= 11 is 9.97. The van der Waals surface area contributed by atoms with Gasteiger partial charge in [0.15, 0.2) is 0 Å². The van der Waals surface area contributed by atoms with Crippen LogP contribution in [0, 0.1) is 5.41 Å². The second-order valence-corrected chi connectivity index (χ2v) is 7.92. The van der Waals surface area contributed by atoms with Crippen LogP contribution in [0.15, 0.2) is 12.1 Å². The van der Waals surface area contributed by atoms with E-state index in [4.69, 9.17) is 16.3 Å². The summed E-state index contributed by atoms with van der Waals surface area (Å²) in [5, 5.41) is 0.838. The standard InChI is InChI=1S/C16H22BrClO/c1-16(2,3)14(17)6-4-5-11-9-13(18)10-12-7-8-19-15(11)12/h9-10,14H,4-8H2,1-3H3. The van der Waals surface area contributed by atoms with Gasteiger partial charge in [-0.15, -0.1) is 0 Å². The summed E-state index contributed by atoms with van der Waals surface area (Å²) in [4.78, 5) is 0.549. The molecule has 1 heterocycles. The fourth-order valence-corrected chi connectivity index (χ4v) is 3.02. The molecular formula is C16H22BrClO. The van der Waals surface area contributed by atoms with Gasteiger partial charge in [0, 0.05) is 16.3 Å². The molecule has 0 amide bonds. The fraction of sp³-hybridized carbons (Fsp3) is 0.625. The quantitative estimate of drug-likeness (QED) is 0.663. The smallest absolute Gasteiger partial charge is 0.125 e. The minimum atomic E-state index is 0.312. The molecule has 106 valence electrons. The molecule has 0 radical (unpaired) electrons. The van der Waals surface area contributed by atoms with Gasteiger partial charge in [-0.3, -0.25) is 0 Å². The summed E-state index contributed by atoms with van der Waals surface area (Å²) in [6.07, 6.45) is 4.36. The lowest BCUT2D eigenvalue weighted by Gasteiger charge is -2.25. The van der Waals surface area contributed by atoms with Crippen molar-refractivity contribution in [2.24, 2.45) is 5.41 Å². The number of alkyl halides is 1. The number of fused-ring (bicyclic) bond motifs is 1. The third-order valence-electron chi connectivity index (χ3n) is 3.67. The van der Waals surface area contributed by atoms with Crippen LogP contribution >= 0.6 is 27.5 Å². The van der Waals surface area contributed by atoms with Crippen molar-refractivity contribution in [3.05, 3.63) is 28.3 Å². The van der Waals surface area contributed by atoms with Crippen molar-refractivity contribution in [2.45, 2.75) is 51.3 Å². The van der Waals surface area contributed by atoms with Crippen molar-refractivity contribution in [3.8, 4) is 5.75 Å². The highest BCUT2D eigenvalue weighted by Gasteiger charge is 2.22. The van der Waals surface area contributed by atoms with E-state index in [2.05, 4.69) is 42.8 Å². The molecule has 0 spiro atoms. The maximum Gasteiger partial charge on any atom is 0.125 e. The summed E-state index contributed by atoms with van der Waals surface area (Å²) in [7, 11) is 0. The Bertz CT molecular complexity index is 451. The second kappa shape index (κ2) is 6.05. The second-order valence-electron chi connectivity index (χ2n) is 6.38. The number of hydrogen-bond donors (Lipinski definition) is 0. The Morgan fingerprint density at radius 3 is 2.79 bits per heavy atom. The van der Waals surface area contributed by atoms with E-state index >= 15 is 0 Å². The molecule has 2 rings (SSSR count). The van der Waals surface area contributed by atoms with E-state index in [9.17, 15) is 0 Å². The molecule has 0 N–H and O–H groups in total. The normalized spacial score (nSPS) is 16.1. The Morgan fingerprint density at radius 1 is 1.37 bits per heavy atom. The maximum atomic E-state index is 6.18. The van der Waals surface area contributed by atoms with E-state index in [0.717, 1.165) is 36.6 Å². The number of ether oxygens (including phenoxy) is 1. The maximum absolute atomic E-state index is 6.18. The molecule has 0 saturated heterocycles. The molecule has 1 aromatic rings. The summed E-state index contributed by atoms with van der Waals surface area (Å²) in [6, 6.07) is 4.10. The van der Waals surface area contributed by atoms with E-state index in [0.29, 0.717) is 10.2 Å². The van der Waals surface area contributed by atoms with Gasteiger partial charge in [-0.25, -0.2) is 0 Å². The van der Waals surface area contributed by atoms with E-state index in [1.807, 2.05) is 6.07 Å². The average molecular weight is 346 g/mol. The zero-order valence-electron chi connectivity index (χ0n) is 11.9. The molecule has 0 aliphatic carbocycles. The summed E-state index contributed by atoms with van der Waals surface area (Å²) < 4.78 is 5.74. The SMILES string of the molecule is CC(C)(C)C(Br)CCCc1cc(Cl)cc2c1OCC2. The lowest BCUT2D eigenvalue weighted by molar-refractivity contribution is 0.351. The average Bonchev–Trinajstić information content (AvgIpc) is 2.75. The zero-order valence-corrected chi connectivity index (χ0v) is 14.3. The molecule has 0 saturated carbocycles. The number of benzene rings is 1. The molecule has 1 aromatic carbocycles. The molecule has 1 atom stereocenters. The third kappa shape index (κ3) is 3.88. The van der Waals surface area contributed by atoms with Crippen LogP contribution < -0.4 is 4.74 Å². The lowest BCUT2D eigenvalue weighted by Crippen LogP contribution is -2.20. The summed E-state index contributed by atoms with van der Waals surface area (Å²) in [5.41, 5.74) is 2.86. The van der Waals surface area contributed by atoms with Gasteiger partial charge >= 0.3 is 0 Å². The Kier molecular flexibility index (Phi) is 4.84. The Morgan fingerprint density at radius 2 is 2.11 bits per heavy atom. The molecule has 0 bridgehead atoms. The first-order valence-corrected chi connectivity index (χ1v) is 8.25. The van der Waals surface area contributed by atoms with Gasteiger partial charge in [-0.1, -0.05) is 48.3 Å². The third-order valence-corrected chi connectivity index (χ3v) is 5.72. The van der Waals surface area contributed by atoms with Crippen LogP contribution in [-0.2, 0) is 12.8 Å². The van der Waals surface area contributed by atoms with Crippen molar-refractivity contribution in [2.75, 3.05) is 6.61 Å². The molecule has 1 aliphatic rings. The van der Waals surface area contributed by atoms with E-state index in [-0.39, 0.29) is 0 Å². The number of halogens is 2. The topological polar surface area (TPSA) is 9.23 Å². The predicted molar refractivity (Wildman–Crippen MR) is 85.8 cm³/mol. The lowest BCUT2D eigenvalue weighted by atomic mass is 9.89. The number of rotatable bonds is 4. The first-order chi connectivity index (χ1) is 8.88. The predicted octanol–water partition coefficient (Wildman–Crippen LogP) is 5.41. The van der Waals surface area contributed by atoms with Gasteiger partial charge in [-0.2, -0.15) is 0 Å². The summed E-state index contributed by atoms with van der Waals surface area (Å²) in [5.74, 6) is 1.09. The highest BCUT2D eigenvalue weighted by atomic mass is 79.9. The van der Waals surface area contributed by atoms with Crippen LogP contribution in [0.1, 0.15) is 44.7 Å².